The van der Waals surface area contributed by atoms with Gasteiger partial charge in [-0.25, -0.2) is 4.79 Å². The second-order valence-electron chi connectivity index (χ2n) is 3.06. The molecule has 0 radical (unpaired) electrons. The first-order chi connectivity index (χ1) is 7.27. The van der Waals surface area contributed by atoms with Crippen LogP contribution in [0.4, 0.5) is 0 Å². The van der Waals surface area contributed by atoms with Crippen molar-refractivity contribution in [1.29, 1.82) is 0 Å². The van der Waals surface area contributed by atoms with E-state index < -0.39 is 5.97 Å². The Labute approximate surface area is 86.1 Å². The second kappa shape index (κ2) is 3.74. The van der Waals surface area contributed by atoms with E-state index in [4.69, 9.17) is 4.42 Å². The molecule has 0 spiro atoms. The van der Waals surface area contributed by atoms with Crippen molar-refractivity contribution in [2.75, 3.05) is 7.11 Å². The minimum Gasteiger partial charge on any atom is -0.463 e. The van der Waals surface area contributed by atoms with E-state index in [9.17, 15) is 9.90 Å². The highest BCUT2D eigenvalue weighted by atomic mass is 16.5. The molecular formula is C11H10O4. The summed E-state index contributed by atoms with van der Waals surface area (Å²) in [4.78, 5) is 11.3. The molecule has 0 bridgehead atoms. The third kappa shape index (κ3) is 1.49. The lowest BCUT2D eigenvalue weighted by molar-refractivity contribution is 0.0563. The molecule has 2 aromatic rings. The Morgan fingerprint density at radius 3 is 2.87 bits per heavy atom. The highest BCUT2D eigenvalue weighted by Gasteiger charge is 2.19. The maximum absolute atomic E-state index is 11.3. The fourth-order valence-corrected chi connectivity index (χ4v) is 1.51. The number of hydrogen-bond acceptors (Lipinski definition) is 4. The molecule has 0 unspecified atom stereocenters. The van der Waals surface area contributed by atoms with Crippen molar-refractivity contribution >= 4 is 16.9 Å². The number of furan rings is 1. The van der Waals surface area contributed by atoms with Crippen LogP contribution in [0.2, 0.25) is 0 Å². The van der Waals surface area contributed by atoms with E-state index in [1.54, 1.807) is 18.2 Å². The number of carbonyl (C=O) groups is 1. The van der Waals surface area contributed by atoms with Gasteiger partial charge in [-0.15, -0.1) is 0 Å². The van der Waals surface area contributed by atoms with Gasteiger partial charge in [-0.05, 0) is 6.07 Å². The third-order valence-electron chi connectivity index (χ3n) is 2.23. The van der Waals surface area contributed by atoms with E-state index in [1.807, 2.05) is 6.07 Å². The summed E-state index contributed by atoms with van der Waals surface area (Å²) in [5, 5.41) is 9.92. The van der Waals surface area contributed by atoms with Crippen LogP contribution in [0.25, 0.3) is 11.0 Å². The first-order valence-electron chi connectivity index (χ1n) is 4.47. The minimum absolute atomic E-state index is 0.0706. The highest BCUT2D eigenvalue weighted by molar-refractivity contribution is 5.95. The minimum atomic E-state index is -0.574. The van der Waals surface area contributed by atoms with Crippen LogP contribution in [0.1, 0.15) is 16.1 Å². The van der Waals surface area contributed by atoms with Crippen LogP contribution in [0.5, 0.6) is 0 Å². The Morgan fingerprint density at radius 1 is 1.47 bits per heavy atom. The third-order valence-corrected chi connectivity index (χ3v) is 2.23. The largest absolute Gasteiger partial charge is 0.463 e. The van der Waals surface area contributed by atoms with Gasteiger partial charge >= 0.3 is 5.97 Å². The van der Waals surface area contributed by atoms with E-state index in [2.05, 4.69) is 4.74 Å². The van der Waals surface area contributed by atoms with Crippen molar-refractivity contribution in [2.24, 2.45) is 0 Å². The summed E-state index contributed by atoms with van der Waals surface area (Å²) in [6, 6.07) is 7.14. The number of para-hydroxylation sites is 1. The van der Waals surface area contributed by atoms with Gasteiger partial charge in [0, 0.05) is 10.9 Å². The summed E-state index contributed by atoms with van der Waals surface area (Å²) >= 11 is 0. The molecule has 0 fully saturated rings. The average molecular weight is 206 g/mol. The highest BCUT2D eigenvalue weighted by Crippen LogP contribution is 2.26. The van der Waals surface area contributed by atoms with Gasteiger partial charge in [-0.2, -0.15) is 0 Å². The Hall–Kier alpha value is -1.81. The molecule has 1 N–H and O–H groups in total. The predicted octanol–water partition coefficient (Wildman–Crippen LogP) is 1.71. The number of rotatable bonds is 2. The molecule has 0 aliphatic carbocycles. The topological polar surface area (TPSA) is 59.7 Å². The van der Waals surface area contributed by atoms with Crippen molar-refractivity contribution < 1.29 is 19.1 Å². The van der Waals surface area contributed by atoms with Crippen molar-refractivity contribution in [3.63, 3.8) is 0 Å². The fourth-order valence-electron chi connectivity index (χ4n) is 1.51. The van der Waals surface area contributed by atoms with Gasteiger partial charge in [0.25, 0.3) is 0 Å². The average Bonchev–Trinajstić information content (AvgIpc) is 2.66. The molecule has 4 heteroatoms. The van der Waals surface area contributed by atoms with Crippen LogP contribution in [0.3, 0.4) is 0 Å². The molecule has 0 amide bonds. The summed E-state index contributed by atoms with van der Waals surface area (Å²) in [5.41, 5.74) is 1.04. The molecule has 15 heavy (non-hydrogen) atoms. The van der Waals surface area contributed by atoms with E-state index in [1.165, 1.54) is 7.11 Å². The molecule has 0 atom stereocenters. The first kappa shape index (κ1) is 9.73. The predicted molar refractivity (Wildman–Crippen MR) is 53.5 cm³/mol. The standard InChI is InChI=1S/C11H10O4/c1-14-11(13)10-8(6-12)7-4-2-3-5-9(7)15-10/h2-5,12H,6H2,1H3. The lowest BCUT2D eigenvalue weighted by atomic mass is 10.1. The zero-order valence-corrected chi connectivity index (χ0v) is 8.19. The molecule has 0 aliphatic rings. The normalized spacial score (nSPS) is 10.5. The summed E-state index contributed by atoms with van der Waals surface area (Å²) in [5.74, 6) is -0.503. The Morgan fingerprint density at radius 2 is 2.20 bits per heavy atom. The van der Waals surface area contributed by atoms with Crippen molar-refractivity contribution in [2.45, 2.75) is 6.61 Å². The smallest absolute Gasteiger partial charge is 0.374 e. The summed E-state index contributed by atoms with van der Waals surface area (Å²) < 4.78 is 9.87. The number of aliphatic hydroxyl groups is 1. The lowest BCUT2D eigenvalue weighted by Crippen LogP contribution is -2.02. The Kier molecular flexibility index (Phi) is 2.43. The van der Waals surface area contributed by atoms with Crippen LogP contribution < -0.4 is 0 Å². The van der Waals surface area contributed by atoms with E-state index in [-0.39, 0.29) is 12.4 Å². The summed E-state index contributed by atoms with van der Waals surface area (Å²) in [6.45, 7) is -0.249. The van der Waals surface area contributed by atoms with Gasteiger partial charge in [-0.3, -0.25) is 0 Å². The molecule has 0 saturated carbocycles. The van der Waals surface area contributed by atoms with Crippen LogP contribution >= 0.6 is 0 Å². The number of ether oxygens (including phenoxy) is 1. The zero-order chi connectivity index (χ0) is 10.8. The number of carbonyl (C=O) groups excluding carboxylic acids is 1. The molecular weight excluding hydrogens is 196 g/mol. The van der Waals surface area contributed by atoms with E-state index in [0.29, 0.717) is 11.1 Å². The van der Waals surface area contributed by atoms with Gasteiger partial charge in [0.1, 0.15) is 5.58 Å². The molecule has 1 aromatic heterocycles. The maximum Gasteiger partial charge on any atom is 0.374 e. The number of fused-ring (bicyclic) bond motifs is 1. The van der Waals surface area contributed by atoms with Crippen LogP contribution in [-0.4, -0.2) is 18.2 Å². The molecule has 2 rings (SSSR count). The number of benzene rings is 1. The number of aliphatic hydroxyl groups excluding tert-OH is 1. The summed E-state index contributed by atoms with van der Waals surface area (Å²) in [6.07, 6.45) is 0. The quantitative estimate of drug-likeness (QED) is 0.760. The van der Waals surface area contributed by atoms with Crippen LogP contribution in [0, 0.1) is 0 Å². The summed E-state index contributed by atoms with van der Waals surface area (Å²) in [7, 11) is 1.27. The van der Waals surface area contributed by atoms with Crippen molar-refractivity contribution in [3.8, 4) is 0 Å². The Balaban J connectivity index is 2.69. The molecule has 78 valence electrons. The van der Waals surface area contributed by atoms with Gasteiger partial charge in [0.2, 0.25) is 5.76 Å². The molecule has 0 aliphatic heterocycles. The van der Waals surface area contributed by atoms with E-state index in [0.717, 1.165) is 5.39 Å². The molecule has 4 nitrogen and oxygen atoms in total. The molecule has 1 aromatic carbocycles. The number of hydrogen-bond donors (Lipinski definition) is 1. The lowest BCUT2D eigenvalue weighted by Gasteiger charge is -1.96. The molecule has 1 heterocycles. The zero-order valence-electron chi connectivity index (χ0n) is 8.19. The number of esters is 1. The van der Waals surface area contributed by atoms with Gasteiger partial charge in [0.05, 0.1) is 13.7 Å². The molecule has 0 saturated heterocycles. The van der Waals surface area contributed by atoms with Gasteiger partial charge in [0.15, 0.2) is 0 Å². The van der Waals surface area contributed by atoms with Crippen LogP contribution in [0.15, 0.2) is 28.7 Å². The second-order valence-corrected chi connectivity index (χ2v) is 3.06. The first-order valence-corrected chi connectivity index (χ1v) is 4.47. The van der Waals surface area contributed by atoms with Crippen LogP contribution in [-0.2, 0) is 11.3 Å². The SMILES string of the molecule is COC(=O)c1oc2ccccc2c1CO. The number of methoxy groups -OCH3 is 1. The Bertz CT molecular complexity index is 498. The van der Waals surface area contributed by atoms with Gasteiger partial charge in [-0.1, -0.05) is 18.2 Å². The van der Waals surface area contributed by atoms with Crippen molar-refractivity contribution in [3.05, 3.63) is 35.6 Å². The van der Waals surface area contributed by atoms with Crippen molar-refractivity contribution in [1.82, 2.24) is 0 Å². The van der Waals surface area contributed by atoms with Gasteiger partial charge < -0.3 is 14.3 Å². The van der Waals surface area contributed by atoms with E-state index >= 15 is 0 Å². The maximum atomic E-state index is 11.3. The monoisotopic (exact) mass is 206 g/mol. The fraction of sp³-hybridized carbons (Fsp3) is 0.182.